The third-order valence-corrected chi connectivity index (χ3v) is 9.98. The Kier molecular flexibility index (Phi) is 41.2. The summed E-state index contributed by atoms with van der Waals surface area (Å²) in [6.07, 6.45) is 51.2. The fourth-order valence-electron chi connectivity index (χ4n) is 5.59. The predicted octanol–water partition coefficient (Wildman–Crippen LogP) is 12.2. The van der Waals surface area contributed by atoms with E-state index in [9.17, 15) is 24.2 Å². The number of aliphatic hydroxyl groups is 2. The van der Waals surface area contributed by atoms with Crippen LogP contribution in [0.25, 0.3) is 0 Å². The smallest absolute Gasteiger partial charge is 0.462 e. The van der Waals surface area contributed by atoms with Crippen molar-refractivity contribution in [1.29, 1.82) is 0 Å². The molecule has 0 amide bonds. The minimum atomic E-state index is -4.64. The molecule has 0 heterocycles. The van der Waals surface area contributed by atoms with Crippen LogP contribution in [-0.2, 0) is 32.7 Å². The molecule has 0 saturated heterocycles. The summed E-state index contributed by atoms with van der Waals surface area (Å²) in [6, 6.07) is 0. The number of carbonyl (C=O) groups excluding carboxylic acids is 2. The van der Waals surface area contributed by atoms with E-state index >= 15 is 0 Å². The lowest BCUT2D eigenvalue weighted by Crippen LogP contribution is -2.29. The normalized spacial score (nSPS) is 14.6. The topological polar surface area (TPSA) is 149 Å². The number of rotatable bonds is 41. The van der Waals surface area contributed by atoms with Gasteiger partial charge in [-0.05, 0) is 83.5 Å². The molecule has 0 aromatic rings. The van der Waals surface area contributed by atoms with Crippen molar-refractivity contribution in [2.45, 2.75) is 180 Å². The second-order valence-corrected chi connectivity index (χ2v) is 16.1. The lowest BCUT2D eigenvalue weighted by Gasteiger charge is -2.20. The molecule has 0 rings (SSSR count). The van der Waals surface area contributed by atoms with E-state index in [-0.39, 0.29) is 19.4 Å². The molecule has 59 heavy (non-hydrogen) atoms. The number of hydrogen-bond donors (Lipinski definition) is 3. The van der Waals surface area contributed by atoms with E-state index in [1.165, 1.54) is 57.8 Å². The van der Waals surface area contributed by atoms with Gasteiger partial charge in [0.15, 0.2) is 6.10 Å². The van der Waals surface area contributed by atoms with Crippen LogP contribution in [0.4, 0.5) is 0 Å². The van der Waals surface area contributed by atoms with Crippen molar-refractivity contribution >= 4 is 19.8 Å². The summed E-state index contributed by atoms with van der Waals surface area (Å²) in [7, 11) is -4.64. The second-order valence-electron chi connectivity index (χ2n) is 14.7. The number of hydrogen-bond acceptors (Lipinski definition) is 9. The number of ether oxygens (including phenoxy) is 2. The number of esters is 2. The van der Waals surface area contributed by atoms with E-state index in [2.05, 4.69) is 97.4 Å². The summed E-state index contributed by atoms with van der Waals surface area (Å²) in [6.45, 7) is 2.16. The Balaban J connectivity index is 4.37. The maximum Gasteiger partial charge on any atom is 0.472 e. The van der Waals surface area contributed by atoms with Gasteiger partial charge in [0.2, 0.25) is 0 Å². The highest BCUT2D eigenvalue weighted by atomic mass is 31.2. The van der Waals surface area contributed by atoms with E-state index in [0.29, 0.717) is 19.3 Å². The molecule has 11 heteroatoms. The number of aliphatic hydroxyl groups excluding tert-OH is 2. The van der Waals surface area contributed by atoms with Crippen molar-refractivity contribution < 1.29 is 47.8 Å². The summed E-state index contributed by atoms with van der Waals surface area (Å²) in [4.78, 5) is 35.0. The third kappa shape index (κ3) is 43.1. The van der Waals surface area contributed by atoms with Crippen molar-refractivity contribution in [3.63, 3.8) is 0 Å². The van der Waals surface area contributed by atoms with Crippen LogP contribution in [0.2, 0.25) is 0 Å². The van der Waals surface area contributed by atoms with Gasteiger partial charge in [-0.1, -0.05) is 157 Å². The first-order chi connectivity index (χ1) is 28.7. The fraction of sp³-hybridized carbons (Fsp3) is 0.667. The molecule has 0 spiro atoms. The maximum absolute atomic E-state index is 12.6. The molecule has 0 aliphatic carbocycles. The molecule has 3 N–H and O–H groups in total. The highest BCUT2D eigenvalue weighted by Crippen LogP contribution is 2.43. The number of carbonyl (C=O) groups is 2. The lowest BCUT2D eigenvalue weighted by molar-refractivity contribution is -0.161. The van der Waals surface area contributed by atoms with Gasteiger partial charge >= 0.3 is 19.8 Å². The molecule has 10 nitrogen and oxygen atoms in total. The van der Waals surface area contributed by atoms with Crippen LogP contribution < -0.4 is 0 Å². The van der Waals surface area contributed by atoms with Gasteiger partial charge in [0.05, 0.1) is 19.8 Å². The lowest BCUT2D eigenvalue weighted by atomic mass is 10.1. The predicted molar refractivity (Wildman–Crippen MR) is 242 cm³/mol. The molecule has 0 aromatic heterocycles. The molecule has 0 bridgehead atoms. The van der Waals surface area contributed by atoms with Crippen molar-refractivity contribution in [2.24, 2.45) is 0 Å². The fourth-order valence-corrected chi connectivity index (χ4v) is 6.38. The van der Waals surface area contributed by atoms with Gasteiger partial charge in [0, 0.05) is 12.8 Å². The minimum absolute atomic E-state index is 0.158. The molecule has 3 atom stereocenters. The van der Waals surface area contributed by atoms with Gasteiger partial charge in [0.1, 0.15) is 12.7 Å². The molecule has 1 unspecified atom stereocenters. The Morgan fingerprint density at radius 3 is 1.46 bits per heavy atom. The third-order valence-electron chi connectivity index (χ3n) is 9.03. The summed E-state index contributed by atoms with van der Waals surface area (Å²) in [5.41, 5.74) is 0. The van der Waals surface area contributed by atoms with Crippen LogP contribution in [0.3, 0.4) is 0 Å². The molecule has 0 aromatic carbocycles. The largest absolute Gasteiger partial charge is 0.472 e. The molecule has 0 radical (unpaired) electrons. The van der Waals surface area contributed by atoms with Gasteiger partial charge in [-0.15, -0.1) is 0 Å². The first-order valence-corrected chi connectivity index (χ1v) is 24.0. The Hall–Kier alpha value is -2.85. The Morgan fingerprint density at radius 1 is 0.525 bits per heavy atom. The number of unbranched alkanes of at least 4 members (excludes halogenated alkanes) is 13. The first-order valence-electron chi connectivity index (χ1n) is 22.5. The Labute approximate surface area is 358 Å². The monoisotopic (exact) mass is 849 g/mol. The van der Waals surface area contributed by atoms with Crippen molar-refractivity contribution in [2.75, 3.05) is 26.4 Å². The molecule has 0 aliphatic rings. The summed E-state index contributed by atoms with van der Waals surface area (Å²) < 4.78 is 32.7. The van der Waals surface area contributed by atoms with E-state index < -0.39 is 51.8 Å². The van der Waals surface area contributed by atoms with Crippen LogP contribution >= 0.6 is 7.82 Å². The first kappa shape index (κ1) is 56.1. The average Bonchev–Trinajstić information content (AvgIpc) is 3.22. The van der Waals surface area contributed by atoms with E-state index in [1.54, 1.807) is 0 Å². The maximum atomic E-state index is 12.6. The summed E-state index contributed by atoms with van der Waals surface area (Å²) in [5.74, 6) is -1.00. The van der Waals surface area contributed by atoms with Gasteiger partial charge in [0.25, 0.3) is 0 Å². The zero-order chi connectivity index (χ0) is 43.3. The van der Waals surface area contributed by atoms with Gasteiger partial charge < -0.3 is 24.6 Å². The second kappa shape index (κ2) is 43.2. The minimum Gasteiger partial charge on any atom is -0.462 e. The zero-order valence-electron chi connectivity index (χ0n) is 36.7. The average molecular weight is 849 g/mol. The number of phosphoric acid groups is 1. The van der Waals surface area contributed by atoms with Crippen LogP contribution in [0.1, 0.15) is 168 Å². The molecule has 0 saturated carbocycles. The van der Waals surface area contributed by atoms with Crippen molar-refractivity contribution in [3.8, 4) is 0 Å². The number of allylic oxidation sites excluding steroid dienone is 14. The van der Waals surface area contributed by atoms with E-state index in [0.717, 1.165) is 64.2 Å². The van der Waals surface area contributed by atoms with E-state index in [1.807, 2.05) is 6.08 Å². The van der Waals surface area contributed by atoms with E-state index in [4.69, 9.17) is 19.1 Å². The highest BCUT2D eigenvalue weighted by Gasteiger charge is 2.27. The molecular weight excluding hydrogens is 767 g/mol. The summed E-state index contributed by atoms with van der Waals surface area (Å²) >= 11 is 0. The van der Waals surface area contributed by atoms with Crippen molar-refractivity contribution in [3.05, 3.63) is 85.1 Å². The number of phosphoric ester groups is 1. The van der Waals surface area contributed by atoms with Gasteiger partial charge in [-0.3, -0.25) is 18.6 Å². The molecular formula is C48H81O10P. The Morgan fingerprint density at radius 2 is 0.949 bits per heavy atom. The van der Waals surface area contributed by atoms with Crippen LogP contribution in [0.5, 0.6) is 0 Å². The highest BCUT2D eigenvalue weighted by molar-refractivity contribution is 7.47. The standard InChI is InChI=1S/C48H81O10P/c1-3-5-7-9-11-13-15-17-19-21-22-24-26-28-30-32-34-36-38-40-48(52)58-46(44-57-59(53,54)56-42-45(50)41-49)43-55-47(51)39-37-35-33-31-29-27-25-23-20-18-16-14-12-10-8-6-4-2/h6,8,11-14,17-20,25,27,31,33,45-46,49-50H,3-5,7,9-10,15-16,21-24,26,28-30,32,34-44H2,1-2H3,(H,53,54)/b8-6+,13-11+,14-12+,19-17+,20-18+,27-25+,33-31+/t45-,46+/m0/s1. The zero-order valence-corrected chi connectivity index (χ0v) is 37.6. The van der Waals surface area contributed by atoms with Crippen LogP contribution in [0.15, 0.2) is 85.1 Å². The molecule has 0 aliphatic heterocycles. The van der Waals surface area contributed by atoms with Gasteiger partial charge in [-0.25, -0.2) is 4.57 Å². The van der Waals surface area contributed by atoms with Gasteiger partial charge in [-0.2, -0.15) is 0 Å². The molecule has 338 valence electrons. The molecule has 0 fully saturated rings. The quantitative estimate of drug-likeness (QED) is 0.0235. The van der Waals surface area contributed by atoms with Crippen LogP contribution in [-0.4, -0.2) is 65.7 Å². The van der Waals surface area contributed by atoms with Crippen molar-refractivity contribution in [1.82, 2.24) is 0 Å². The Bertz CT molecular complexity index is 1250. The van der Waals surface area contributed by atoms with Crippen LogP contribution in [0, 0.1) is 0 Å². The summed E-state index contributed by atoms with van der Waals surface area (Å²) in [5, 5.41) is 18.4. The SMILES string of the molecule is CC/C=C/C/C=C/C/C=C/C/C=C/C/C=C/CCCC(=O)OC[C@H](COP(=O)(O)OC[C@@H](O)CO)OC(=O)CCCCCCCCCCC/C=C/C/C=C/CCCCC.